The number of aromatic amines is 1. The van der Waals surface area contributed by atoms with Crippen LogP contribution in [-0.4, -0.2) is 36.8 Å². The van der Waals surface area contributed by atoms with Crippen molar-refractivity contribution in [2.24, 2.45) is 0 Å². The average molecular weight is 309 g/mol. The Morgan fingerprint density at radius 2 is 2.29 bits per heavy atom. The van der Waals surface area contributed by atoms with Crippen molar-refractivity contribution in [3.8, 4) is 0 Å². The molecule has 1 saturated heterocycles. The van der Waals surface area contributed by atoms with Crippen molar-refractivity contribution in [2.45, 2.75) is 36.9 Å². The topological polar surface area (TPSA) is 98.1 Å². The molecule has 1 unspecified atom stereocenters. The first-order valence-corrected chi connectivity index (χ1v) is 8.79. The van der Waals surface area contributed by atoms with Crippen molar-refractivity contribution in [3.63, 3.8) is 0 Å². The van der Waals surface area contributed by atoms with Gasteiger partial charge in [-0.3, -0.25) is 0 Å². The maximum absolute atomic E-state index is 12.3. The molecule has 6 nitrogen and oxygen atoms in total. The monoisotopic (exact) mass is 309 g/mol. The van der Waals surface area contributed by atoms with Gasteiger partial charge in [-0.05, 0) is 43.9 Å². The van der Waals surface area contributed by atoms with E-state index >= 15 is 0 Å². The number of anilines is 1. The lowest BCUT2D eigenvalue weighted by Gasteiger charge is -2.08. The number of aromatic nitrogens is 2. The highest BCUT2D eigenvalue weighted by Gasteiger charge is 2.21. The number of hydrogen-bond donors (Lipinski definition) is 2. The van der Waals surface area contributed by atoms with Crippen molar-refractivity contribution in [1.29, 1.82) is 0 Å². The molecule has 7 heteroatoms. The molecule has 0 bridgehead atoms. The van der Waals surface area contributed by atoms with Crippen molar-refractivity contribution in [3.05, 3.63) is 18.2 Å². The van der Waals surface area contributed by atoms with Crippen LogP contribution in [0, 0.1) is 0 Å². The van der Waals surface area contributed by atoms with E-state index in [1.165, 1.54) is 0 Å². The molecule has 0 aliphatic carbocycles. The largest absolute Gasteiger partial charge is 0.399 e. The summed E-state index contributed by atoms with van der Waals surface area (Å²) in [6.45, 7) is 0.794. The minimum atomic E-state index is -3.39. The number of rotatable bonds is 5. The average Bonchev–Trinajstić information content (AvgIpc) is 3.06. The molecule has 21 heavy (non-hydrogen) atoms. The van der Waals surface area contributed by atoms with Gasteiger partial charge in [-0.2, -0.15) is 0 Å². The van der Waals surface area contributed by atoms with Gasteiger partial charge in [0.05, 0.1) is 22.9 Å². The predicted octanol–water partition coefficient (Wildman–Crippen LogP) is 1.88. The molecule has 1 aliphatic heterocycles. The Labute approximate surface area is 123 Å². The number of nitrogens with one attached hydrogen (secondary N) is 1. The lowest BCUT2D eigenvalue weighted by molar-refractivity contribution is 0.104. The van der Waals surface area contributed by atoms with E-state index in [1.807, 2.05) is 0 Å². The van der Waals surface area contributed by atoms with Crippen LogP contribution in [0.3, 0.4) is 0 Å². The van der Waals surface area contributed by atoms with Crippen molar-refractivity contribution in [1.82, 2.24) is 9.97 Å². The van der Waals surface area contributed by atoms with Crippen LogP contribution in [0.5, 0.6) is 0 Å². The molecule has 0 radical (unpaired) electrons. The summed E-state index contributed by atoms with van der Waals surface area (Å²) in [7, 11) is -3.39. The number of sulfone groups is 1. The van der Waals surface area contributed by atoms with Crippen LogP contribution in [0.2, 0.25) is 0 Å². The Morgan fingerprint density at radius 3 is 3.05 bits per heavy atom. The van der Waals surface area contributed by atoms with Crippen LogP contribution in [0.15, 0.2) is 23.4 Å². The molecule has 1 aromatic carbocycles. The fourth-order valence-electron chi connectivity index (χ4n) is 2.62. The van der Waals surface area contributed by atoms with Crippen LogP contribution in [0.1, 0.15) is 25.7 Å². The molecular weight excluding hydrogens is 290 g/mol. The van der Waals surface area contributed by atoms with E-state index < -0.39 is 9.84 Å². The van der Waals surface area contributed by atoms with E-state index in [0.29, 0.717) is 23.1 Å². The molecule has 1 atom stereocenters. The highest BCUT2D eigenvalue weighted by atomic mass is 32.2. The van der Waals surface area contributed by atoms with Gasteiger partial charge in [-0.15, -0.1) is 0 Å². The number of fused-ring (bicyclic) bond motifs is 1. The highest BCUT2D eigenvalue weighted by molar-refractivity contribution is 7.91. The Hall–Kier alpha value is -1.60. The SMILES string of the molecule is Nc1ccc2nc(S(=O)(=O)CCCC3CCCO3)[nH]c2c1. The molecule has 2 heterocycles. The first kappa shape index (κ1) is 14.3. The predicted molar refractivity (Wildman–Crippen MR) is 80.8 cm³/mol. The standard InChI is InChI=1S/C14H19N3O3S/c15-10-5-6-12-13(9-10)17-14(16-12)21(18,19)8-2-4-11-3-1-7-20-11/h5-6,9,11H,1-4,7-8,15H2,(H,16,17). The summed E-state index contributed by atoms with van der Waals surface area (Å²) in [5.74, 6) is 0.0855. The van der Waals surface area contributed by atoms with Crippen LogP contribution in [0.25, 0.3) is 11.0 Å². The summed E-state index contributed by atoms with van der Waals surface area (Å²) in [5.41, 5.74) is 7.52. The molecule has 3 rings (SSSR count). The van der Waals surface area contributed by atoms with Crippen molar-refractivity contribution in [2.75, 3.05) is 18.1 Å². The van der Waals surface area contributed by atoms with E-state index in [0.717, 1.165) is 25.9 Å². The maximum Gasteiger partial charge on any atom is 0.226 e. The summed E-state index contributed by atoms with van der Waals surface area (Å²) in [5, 5.41) is 0.0236. The van der Waals surface area contributed by atoms with E-state index in [2.05, 4.69) is 9.97 Å². The van der Waals surface area contributed by atoms with Crippen molar-refractivity contribution >= 4 is 26.6 Å². The van der Waals surface area contributed by atoms with Gasteiger partial charge in [0.25, 0.3) is 0 Å². The summed E-state index contributed by atoms with van der Waals surface area (Å²) in [6, 6.07) is 5.11. The zero-order valence-electron chi connectivity index (χ0n) is 11.7. The molecule has 114 valence electrons. The fourth-order valence-corrected chi connectivity index (χ4v) is 3.86. The normalized spacial score (nSPS) is 19.3. The third-order valence-electron chi connectivity index (χ3n) is 3.74. The number of H-pyrrole nitrogens is 1. The van der Waals surface area contributed by atoms with E-state index in [9.17, 15) is 8.42 Å². The third kappa shape index (κ3) is 3.19. The number of hydrogen-bond acceptors (Lipinski definition) is 5. The Morgan fingerprint density at radius 1 is 1.43 bits per heavy atom. The molecule has 0 saturated carbocycles. The minimum Gasteiger partial charge on any atom is -0.399 e. The van der Waals surface area contributed by atoms with Gasteiger partial charge < -0.3 is 15.5 Å². The molecule has 2 aromatic rings. The van der Waals surface area contributed by atoms with Crippen molar-refractivity contribution < 1.29 is 13.2 Å². The fraction of sp³-hybridized carbons (Fsp3) is 0.500. The first-order valence-electron chi connectivity index (χ1n) is 7.14. The van der Waals surface area contributed by atoms with Gasteiger partial charge >= 0.3 is 0 Å². The molecule has 3 N–H and O–H groups in total. The molecule has 1 aliphatic rings. The lowest BCUT2D eigenvalue weighted by atomic mass is 10.1. The summed E-state index contributed by atoms with van der Waals surface area (Å²) < 4.78 is 30.1. The Bertz CT molecular complexity index is 733. The summed E-state index contributed by atoms with van der Waals surface area (Å²) in [6.07, 6.45) is 3.70. The van der Waals surface area contributed by atoms with Crippen LogP contribution >= 0.6 is 0 Å². The van der Waals surface area contributed by atoms with Gasteiger partial charge in [0.1, 0.15) is 0 Å². The van der Waals surface area contributed by atoms with Gasteiger partial charge in [0.15, 0.2) is 0 Å². The lowest BCUT2D eigenvalue weighted by Crippen LogP contribution is -2.12. The molecular formula is C14H19N3O3S. The van der Waals surface area contributed by atoms with Gasteiger partial charge in [0, 0.05) is 12.3 Å². The molecule has 1 aromatic heterocycles. The van der Waals surface area contributed by atoms with E-state index in [1.54, 1.807) is 18.2 Å². The quantitative estimate of drug-likeness (QED) is 0.822. The second kappa shape index (κ2) is 5.65. The maximum atomic E-state index is 12.3. The van der Waals surface area contributed by atoms with Crippen LogP contribution in [0.4, 0.5) is 5.69 Å². The van der Waals surface area contributed by atoms with E-state index in [4.69, 9.17) is 10.5 Å². The van der Waals surface area contributed by atoms with Crippen LogP contribution < -0.4 is 5.73 Å². The number of ether oxygens (including phenoxy) is 1. The number of nitrogens with zero attached hydrogens (tertiary/aromatic N) is 1. The smallest absolute Gasteiger partial charge is 0.226 e. The van der Waals surface area contributed by atoms with Crippen LogP contribution in [-0.2, 0) is 14.6 Å². The second-order valence-corrected chi connectivity index (χ2v) is 7.44. The Balaban J connectivity index is 1.70. The first-order chi connectivity index (χ1) is 10.0. The third-order valence-corrected chi connectivity index (χ3v) is 5.35. The zero-order chi connectivity index (χ0) is 14.9. The van der Waals surface area contributed by atoms with E-state index in [-0.39, 0.29) is 17.0 Å². The minimum absolute atomic E-state index is 0.0236. The molecule has 1 fully saturated rings. The number of imidazole rings is 1. The van der Waals surface area contributed by atoms with Gasteiger partial charge in [-0.25, -0.2) is 13.4 Å². The van der Waals surface area contributed by atoms with Gasteiger partial charge in [0.2, 0.25) is 15.0 Å². The Kier molecular flexibility index (Phi) is 3.86. The highest BCUT2D eigenvalue weighted by Crippen LogP contribution is 2.20. The van der Waals surface area contributed by atoms with Gasteiger partial charge in [-0.1, -0.05) is 0 Å². The number of benzene rings is 1. The zero-order valence-corrected chi connectivity index (χ0v) is 12.5. The summed E-state index contributed by atoms with van der Waals surface area (Å²) in [4.78, 5) is 6.99. The molecule has 0 spiro atoms. The summed E-state index contributed by atoms with van der Waals surface area (Å²) >= 11 is 0. The number of nitrogens with two attached hydrogens (primary N) is 1. The second-order valence-electron chi connectivity index (χ2n) is 5.41. The number of nitrogen functional groups attached to an aromatic ring is 1. The molecule has 0 amide bonds.